The van der Waals surface area contributed by atoms with Gasteiger partial charge in [0.15, 0.2) is 11.6 Å². The number of benzene rings is 2. The highest BCUT2D eigenvalue weighted by molar-refractivity contribution is 6.02. The van der Waals surface area contributed by atoms with Gasteiger partial charge in [-0.15, -0.1) is 0 Å². The first kappa shape index (κ1) is 26.3. The van der Waals surface area contributed by atoms with E-state index < -0.39 is 17.7 Å². The maximum atomic E-state index is 14.4. The molecular weight excluding hydrogens is 526 g/mol. The fraction of sp³-hybridized carbons (Fsp3) is 0.469. The van der Waals surface area contributed by atoms with E-state index in [4.69, 9.17) is 14.2 Å². The number of carbonyl (C=O) groups is 1. The van der Waals surface area contributed by atoms with E-state index in [1.165, 1.54) is 6.07 Å². The van der Waals surface area contributed by atoms with Gasteiger partial charge in [0.25, 0.3) is 0 Å². The molecular formula is C32H34F2N4O3. The highest BCUT2D eigenvalue weighted by Gasteiger charge is 2.73. The minimum Gasteiger partial charge on any atom is -0.381 e. The van der Waals surface area contributed by atoms with Crippen LogP contribution in [0.2, 0.25) is 0 Å². The normalized spacial score (nSPS) is 27.0. The molecule has 0 N–H and O–H groups in total. The number of hydrogen-bond acceptors (Lipinski definition) is 5. The summed E-state index contributed by atoms with van der Waals surface area (Å²) in [5.74, 6) is -0.609. The summed E-state index contributed by atoms with van der Waals surface area (Å²) in [4.78, 5) is 20.8. The molecule has 2 aromatic carbocycles. The van der Waals surface area contributed by atoms with Gasteiger partial charge < -0.3 is 18.7 Å². The van der Waals surface area contributed by atoms with Crippen LogP contribution in [0.25, 0.3) is 22.2 Å². The van der Waals surface area contributed by atoms with Gasteiger partial charge in [-0.05, 0) is 74.8 Å². The Morgan fingerprint density at radius 1 is 1.02 bits per heavy atom. The van der Waals surface area contributed by atoms with Crippen LogP contribution in [0.4, 0.5) is 14.5 Å². The van der Waals surface area contributed by atoms with E-state index in [-0.39, 0.29) is 35.3 Å². The quantitative estimate of drug-likeness (QED) is 0.261. The van der Waals surface area contributed by atoms with E-state index in [0.29, 0.717) is 5.69 Å². The summed E-state index contributed by atoms with van der Waals surface area (Å²) in [7, 11) is 1.76. The Hall–Kier alpha value is -3.59. The summed E-state index contributed by atoms with van der Waals surface area (Å²) in [6, 6.07) is 9.73. The fourth-order valence-corrected chi connectivity index (χ4v) is 7.68. The van der Waals surface area contributed by atoms with E-state index in [1.54, 1.807) is 12.0 Å². The summed E-state index contributed by atoms with van der Waals surface area (Å²) < 4.78 is 41.8. The number of ether oxygens (including phenoxy) is 1. The first-order valence-electron chi connectivity index (χ1n) is 14.4. The van der Waals surface area contributed by atoms with Crippen molar-refractivity contribution in [3.05, 3.63) is 65.3 Å². The molecule has 0 bridgehead atoms. The zero-order valence-corrected chi connectivity index (χ0v) is 23.9. The monoisotopic (exact) mass is 560 g/mol. The minimum atomic E-state index is -0.968. The molecule has 1 amide bonds. The Kier molecular flexibility index (Phi) is 5.91. The molecule has 9 heteroatoms. The summed E-state index contributed by atoms with van der Waals surface area (Å²) in [6.07, 6.45) is 3.95. The third-order valence-corrected chi connectivity index (χ3v) is 9.86. The lowest BCUT2D eigenvalue weighted by atomic mass is 9.92. The SMILES string of the molecule is COC1CCC(n2c([C@@H]3[C@@H]4[C@H](C(=O)N3c3ccc(F)c(F)c3)C4(C)C)nc3cc(-c4c(C)noc4C)ccc32)CC1. The predicted molar refractivity (Wildman–Crippen MR) is 150 cm³/mol. The van der Waals surface area contributed by atoms with Gasteiger partial charge in [0.1, 0.15) is 11.6 Å². The van der Waals surface area contributed by atoms with Gasteiger partial charge in [0.2, 0.25) is 5.91 Å². The van der Waals surface area contributed by atoms with Crippen LogP contribution in [0.1, 0.15) is 68.9 Å². The molecule has 1 aliphatic heterocycles. The number of piperidine rings is 1. The number of fused-ring (bicyclic) bond motifs is 2. The summed E-state index contributed by atoms with van der Waals surface area (Å²) in [5, 5.41) is 4.13. The zero-order chi connectivity index (χ0) is 28.8. The summed E-state index contributed by atoms with van der Waals surface area (Å²) >= 11 is 0. The van der Waals surface area contributed by atoms with Crippen LogP contribution in [-0.4, -0.2) is 33.8 Å². The molecule has 41 heavy (non-hydrogen) atoms. The van der Waals surface area contributed by atoms with Crippen molar-refractivity contribution in [2.24, 2.45) is 17.3 Å². The lowest BCUT2D eigenvalue weighted by Gasteiger charge is -2.34. The van der Waals surface area contributed by atoms with E-state index in [0.717, 1.165) is 77.3 Å². The van der Waals surface area contributed by atoms with Crippen LogP contribution in [0.15, 0.2) is 40.9 Å². The number of amides is 1. The number of carbonyl (C=O) groups excluding carboxylic acids is 1. The Balaban J connectivity index is 1.41. The summed E-state index contributed by atoms with van der Waals surface area (Å²) in [5.41, 5.74) is 4.70. The van der Waals surface area contributed by atoms with Crippen LogP contribution in [-0.2, 0) is 9.53 Å². The zero-order valence-electron chi connectivity index (χ0n) is 23.9. The van der Waals surface area contributed by atoms with Gasteiger partial charge in [-0.1, -0.05) is 25.1 Å². The second-order valence-corrected chi connectivity index (χ2v) is 12.5. The lowest BCUT2D eigenvalue weighted by molar-refractivity contribution is -0.119. The highest BCUT2D eigenvalue weighted by atomic mass is 19.2. The highest BCUT2D eigenvalue weighted by Crippen LogP contribution is 2.70. The smallest absolute Gasteiger partial charge is 0.231 e. The molecule has 0 spiro atoms. The molecule has 1 saturated heterocycles. The number of imidazole rings is 1. The van der Waals surface area contributed by atoms with E-state index in [9.17, 15) is 13.6 Å². The first-order chi connectivity index (χ1) is 19.6. The molecule has 3 heterocycles. The summed E-state index contributed by atoms with van der Waals surface area (Å²) in [6.45, 7) is 8.05. The maximum Gasteiger partial charge on any atom is 0.231 e. The van der Waals surface area contributed by atoms with Crippen molar-refractivity contribution in [3.8, 4) is 11.1 Å². The van der Waals surface area contributed by atoms with Crippen LogP contribution in [0, 0.1) is 42.7 Å². The molecule has 2 aliphatic carbocycles. The van der Waals surface area contributed by atoms with Gasteiger partial charge in [-0.3, -0.25) is 4.79 Å². The van der Waals surface area contributed by atoms with Crippen LogP contribution < -0.4 is 4.90 Å². The van der Waals surface area contributed by atoms with E-state index in [2.05, 4.69) is 41.8 Å². The van der Waals surface area contributed by atoms with Crippen molar-refractivity contribution in [1.29, 1.82) is 0 Å². The molecule has 3 fully saturated rings. The van der Waals surface area contributed by atoms with Gasteiger partial charge >= 0.3 is 0 Å². The van der Waals surface area contributed by atoms with Crippen molar-refractivity contribution in [1.82, 2.24) is 14.7 Å². The van der Waals surface area contributed by atoms with E-state index in [1.807, 2.05) is 13.8 Å². The van der Waals surface area contributed by atoms with Crippen LogP contribution >= 0.6 is 0 Å². The standard InChI is InChI=1S/C32H34F2N4O3/c1-16-26(17(2)41-36-16)18-6-13-25-24(14-18)35-30(37(25)19-7-10-21(40-5)11-8-19)29-27-28(32(27,3)4)31(39)38(29)20-9-12-22(33)23(34)15-20/h6,9,12-15,19,21,27-29H,7-8,10-11H2,1-5H3/t19?,21?,27-,28+,29-/m0/s1. The minimum absolute atomic E-state index is 0.0102. The topological polar surface area (TPSA) is 73.4 Å². The van der Waals surface area contributed by atoms with Crippen LogP contribution in [0.5, 0.6) is 0 Å². The Morgan fingerprint density at radius 2 is 1.78 bits per heavy atom. The number of nitrogens with zero attached hydrogens (tertiary/aromatic N) is 4. The molecule has 7 rings (SSSR count). The number of anilines is 1. The van der Waals surface area contributed by atoms with Gasteiger partial charge in [-0.25, -0.2) is 13.8 Å². The van der Waals surface area contributed by atoms with Crippen LogP contribution in [0.3, 0.4) is 0 Å². The third-order valence-electron chi connectivity index (χ3n) is 9.86. The molecule has 0 radical (unpaired) electrons. The second kappa shape index (κ2) is 9.21. The molecule has 0 unspecified atom stereocenters. The number of rotatable bonds is 5. The van der Waals surface area contributed by atoms with Gasteiger partial charge in [-0.2, -0.15) is 0 Å². The van der Waals surface area contributed by atoms with Crippen molar-refractivity contribution in [3.63, 3.8) is 0 Å². The number of halogens is 2. The average molecular weight is 561 g/mol. The average Bonchev–Trinajstić information content (AvgIpc) is 3.27. The van der Waals surface area contributed by atoms with Crippen molar-refractivity contribution in [2.45, 2.75) is 71.6 Å². The number of aryl methyl sites for hydroxylation is 2. The van der Waals surface area contributed by atoms with E-state index >= 15 is 0 Å². The van der Waals surface area contributed by atoms with Gasteiger partial charge in [0.05, 0.1) is 28.9 Å². The molecule has 3 atom stereocenters. The van der Waals surface area contributed by atoms with Gasteiger partial charge in [0, 0.05) is 42.3 Å². The maximum absolute atomic E-state index is 14.4. The first-order valence-corrected chi connectivity index (χ1v) is 14.4. The Labute approximate surface area is 237 Å². The molecule has 4 aromatic rings. The molecule has 2 saturated carbocycles. The fourth-order valence-electron chi connectivity index (χ4n) is 7.68. The third kappa shape index (κ3) is 3.88. The van der Waals surface area contributed by atoms with Crippen molar-refractivity contribution in [2.75, 3.05) is 12.0 Å². The molecule has 214 valence electrons. The number of methoxy groups -OCH3 is 1. The number of aromatic nitrogens is 3. The molecule has 2 aromatic heterocycles. The Bertz CT molecular complexity index is 1660. The number of hydrogen-bond donors (Lipinski definition) is 0. The molecule has 3 aliphatic rings. The largest absolute Gasteiger partial charge is 0.381 e. The second-order valence-electron chi connectivity index (χ2n) is 12.5. The van der Waals surface area contributed by atoms with Crippen molar-refractivity contribution >= 4 is 22.6 Å². The predicted octanol–water partition coefficient (Wildman–Crippen LogP) is 7.08. The lowest BCUT2D eigenvalue weighted by Crippen LogP contribution is -2.37. The molecule has 7 nitrogen and oxygen atoms in total. The Morgan fingerprint density at radius 3 is 2.44 bits per heavy atom. The van der Waals surface area contributed by atoms with Crippen molar-refractivity contribution < 1.29 is 22.8 Å².